The van der Waals surface area contributed by atoms with Gasteiger partial charge in [0, 0.05) is 5.97 Å². The molecule has 1 rings (SSSR count). The quantitative estimate of drug-likeness (QED) is 0.684. The summed E-state index contributed by atoms with van der Waals surface area (Å²) in [4.78, 5) is 10.5. The molecule has 0 aromatic rings. The maximum absolute atomic E-state index is 10.5. The van der Waals surface area contributed by atoms with Crippen LogP contribution >= 0.6 is 0 Å². The monoisotopic (exact) mass is 199 g/mol. The van der Waals surface area contributed by atoms with Crippen molar-refractivity contribution in [3.05, 3.63) is 0 Å². The molecule has 14 heavy (non-hydrogen) atoms. The summed E-state index contributed by atoms with van der Waals surface area (Å²) in [5.74, 6) is -0.726. The summed E-state index contributed by atoms with van der Waals surface area (Å²) in [5, 5.41) is 10.5. The van der Waals surface area contributed by atoms with Gasteiger partial charge < -0.3 is 14.6 Å². The van der Waals surface area contributed by atoms with Gasteiger partial charge in [-0.15, -0.1) is 0 Å². The first-order valence-electron chi connectivity index (χ1n) is 5.33. The average molecular weight is 199 g/mol. The fourth-order valence-electron chi connectivity index (χ4n) is 2.36. The highest BCUT2D eigenvalue weighted by molar-refractivity contribution is 5.64. The molecule has 0 N–H and O–H groups in total. The largest absolute Gasteiger partial charge is 0.550 e. The van der Waals surface area contributed by atoms with Gasteiger partial charge in [0.25, 0.3) is 0 Å². The van der Waals surface area contributed by atoms with Crippen LogP contribution in [0.4, 0.5) is 0 Å². The Balaban J connectivity index is 2.58. The molecular formula is C11H19O3-. The van der Waals surface area contributed by atoms with E-state index >= 15 is 0 Å². The van der Waals surface area contributed by atoms with Crippen LogP contribution in [0.3, 0.4) is 0 Å². The summed E-state index contributed by atoms with van der Waals surface area (Å²) in [7, 11) is 0. The number of carboxylic acids is 1. The molecule has 1 saturated heterocycles. The summed E-state index contributed by atoms with van der Waals surface area (Å²) < 4.78 is 5.82. The minimum absolute atomic E-state index is 0.141. The van der Waals surface area contributed by atoms with Gasteiger partial charge in [0.2, 0.25) is 0 Å². The number of hydrogen-bond acceptors (Lipinski definition) is 3. The number of carbonyl (C=O) groups excluding carboxylic acids is 1. The van der Waals surface area contributed by atoms with Crippen molar-refractivity contribution in [2.45, 2.75) is 58.2 Å². The van der Waals surface area contributed by atoms with Crippen LogP contribution in [0.25, 0.3) is 0 Å². The molecule has 1 heterocycles. The molecule has 0 saturated carbocycles. The molecule has 1 aliphatic rings. The van der Waals surface area contributed by atoms with Crippen LogP contribution in [-0.4, -0.2) is 17.7 Å². The van der Waals surface area contributed by atoms with E-state index in [1.54, 1.807) is 0 Å². The molecule has 0 bridgehead atoms. The normalized spacial score (nSPS) is 38.2. The number of aliphatic carboxylic acids is 1. The first-order chi connectivity index (χ1) is 6.45. The molecule has 3 atom stereocenters. The minimum atomic E-state index is -0.942. The van der Waals surface area contributed by atoms with Gasteiger partial charge >= 0.3 is 0 Å². The van der Waals surface area contributed by atoms with Gasteiger partial charge in [0.05, 0.1) is 11.7 Å². The SMILES string of the molecule is CCC1(C)CC(CC(=O)[O-])CC(C)O1. The number of carbonyl (C=O) groups is 1. The Morgan fingerprint density at radius 3 is 2.79 bits per heavy atom. The zero-order chi connectivity index (χ0) is 10.8. The molecule has 0 aliphatic carbocycles. The van der Waals surface area contributed by atoms with Crippen LogP contribution in [0.1, 0.15) is 46.5 Å². The molecule has 3 heteroatoms. The topological polar surface area (TPSA) is 49.4 Å². The van der Waals surface area contributed by atoms with Crippen LogP contribution in [0.15, 0.2) is 0 Å². The third-order valence-corrected chi connectivity index (χ3v) is 3.07. The van der Waals surface area contributed by atoms with E-state index in [-0.39, 0.29) is 24.0 Å². The van der Waals surface area contributed by atoms with Gasteiger partial charge in [0.15, 0.2) is 0 Å². The zero-order valence-electron chi connectivity index (χ0n) is 9.21. The van der Waals surface area contributed by atoms with E-state index in [1.165, 1.54) is 0 Å². The molecular weight excluding hydrogens is 180 g/mol. The summed E-state index contributed by atoms with van der Waals surface area (Å²) >= 11 is 0. The molecule has 1 fully saturated rings. The fraction of sp³-hybridized carbons (Fsp3) is 0.909. The van der Waals surface area contributed by atoms with Crippen molar-refractivity contribution >= 4 is 5.97 Å². The summed E-state index contributed by atoms with van der Waals surface area (Å²) in [6, 6.07) is 0. The van der Waals surface area contributed by atoms with Gasteiger partial charge in [-0.2, -0.15) is 0 Å². The van der Waals surface area contributed by atoms with Gasteiger partial charge in [-0.25, -0.2) is 0 Å². The van der Waals surface area contributed by atoms with Crippen molar-refractivity contribution in [3.8, 4) is 0 Å². The van der Waals surface area contributed by atoms with Gasteiger partial charge in [-0.1, -0.05) is 6.92 Å². The highest BCUT2D eigenvalue weighted by atomic mass is 16.5. The molecule has 0 radical (unpaired) electrons. The number of ether oxygens (including phenoxy) is 1. The van der Waals surface area contributed by atoms with E-state index < -0.39 is 5.97 Å². The first kappa shape index (κ1) is 11.5. The number of carboxylic acid groups (broad SMARTS) is 1. The van der Waals surface area contributed by atoms with E-state index in [9.17, 15) is 9.90 Å². The van der Waals surface area contributed by atoms with Crippen LogP contribution < -0.4 is 5.11 Å². The van der Waals surface area contributed by atoms with Gasteiger partial charge in [-0.3, -0.25) is 0 Å². The maximum atomic E-state index is 10.5. The Labute approximate surface area is 85.5 Å². The lowest BCUT2D eigenvalue weighted by Crippen LogP contribution is -2.42. The van der Waals surface area contributed by atoms with E-state index in [4.69, 9.17) is 4.74 Å². The smallest absolute Gasteiger partial charge is 0.0658 e. The number of rotatable bonds is 3. The second-order valence-electron chi connectivity index (χ2n) is 4.61. The van der Waals surface area contributed by atoms with Crippen molar-refractivity contribution in [2.24, 2.45) is 5.92 Å². The average Bonchev–Trinajstić information content (AvgIpc) is 2.01. The molecule has 3 unspecified atom stereocenters. The molecule has 82 valence electrons. The van der Waals surface area contributed by atoms with Crippen LogP contribution in [0.2, 0.25) is 0 Å². The van der Waals surface area contributed by atoms with E-state index in [2.05, 4.69) is 13.8 Å². The second-order valence-corrected chi connectivity index (χ2v) is 4.61. The lowest BCUT2D eigenvalue weighted by molar-refractivity contribution is -0.307. The van der Waals surface area contributed by atoms with Crippen molar-refractivity contribution in [3.63, 3.8) is 0 Å². The summed E-state index contributed by atoms with van der Waals surface area (Å²) in [5.41, 5.74) is -0.141. The second kappa shape index (κ2) is 4.30. The molecule has 1 aliphatic heterocycles. The first-order valence-corrected chi connectivity index (χ1v) is 5.33. The zero-order valence-corrected chi connectivity index (χ0v) is 9.21. The van der Waals surface area contributed by atoms with Crippen molar-refractivity contribution in [1.29, 1.82) is 0 Å². The lowest BCUT2D eigenvalue weighted by Gasteiger charge is -2.41. The standard InChI is InChI=1S/C11H20O3/c1-4-11(3)7-9(6-10(12)13)5-8(2)14-11/h8-9H,4-7H2,1-3H3,(H,12,13)/p-1. The Morgan fingerprint density at radius 2 is 2.29 bits per heavy atom. The Morgan fingerprint density at radius 1 is 1.64 bits per heavy atom. The van der Waals surface area contributed by atoms with Crippen molar-refractivity contribution < 1.29 is 14.6 Å². The molecule has 3 nitrogen and oxygen atoms in total. The Bertz CT molecular complexity index is 215. The van der Waals surface area contributed by atoms with E-state index in [1.807, 2.05) is 6.92 Å². The highest BCUT2D eigenvalue weighted by Gasteiger charge is 2.34. The van der Waals surface area contributed by atoms with Crippen LogP contribution in [0, 0.1) is 5.92 Å². The minimum Gasteiger partial charge on any atom is -0.550 e. The van der Waals surface area contributed by atoms with E-state index in [0.29, 0.717) is 0 Å². The van der Waals surface area contributed by atoms with Gasteiger partial charge in [0.1, 0.15) is 0 Å². The molecule has 0 aromatic carbocycles. The van der Waals surface area contributed by atoms with Crippen molar-refractivity contribution in [2.75, 3.05) is 0 Å². The van der Waals surface area contributed by atoms with Crippen LogP contribution in [-0.2, 0) is 9.53 Å². The van der Waals surface area contributed by atoms with Crippen LogP contribution in [0.5, 0.6) is 0 Å². The molecule has 0 aromatic heterocycles. The predicted molar refractivity (Wildman–Crippen MR) is 51.6 cm³/mol. The van der Waals surface area contributed by atoms with Gasteiger partial charge in [-0.05, 0) is 45.4 Å². The highest BCUT2D eigenvalue weighted by Crippen LogP contribution is 2.36. The lowest BCUT2D eigenvalue weighted by atomic mass is 9.81. The third kappa shape index (κ3) is 2.98. The molecule has 0 spiro atoms. The predicted octanol–water partition coefficient (Wildman–Crippen LogP) is 1.11. The van der Waals surface area contributed by atoms with Crippen molar-refractivity contribution in [1.82, 2.24) is 0 Å². The Kier molecular flexibility index (Phi) is 3.53. The fourth-order valence-corrected chi connectivity index (χ4v) is 2.36. The summed E-state index contributed by atoms with van der Waals surface area (Å²) in [6.45, 7) is 6.15. The molecule has 0 amide bonds. The third-order valence-electron chi connectivity index (χ3n) is 3.07. The maximum Gasteiger partial charge on any atom is 0.0658 e. The summed E-state index contributed by atoms with van der Waals surface area (Å²) in [6.07, 6.45) is 2.94. The number of hydrogen-bond donors (Lipinski definition) is 0. The van der Waals surface area contributed by atoms with E-state index in [0.717, 1.165) is 19.3 Å². The Hall–Kier alpha value is -0.570.